The van der Waals surface area contributed by atoms with Crippen molar-refractivity contribution in [1.82, 2.24) is 0 Å². The minimum absolute atomic E-state index is 0.398. The molecule has 0 heterocycles. The molecule has 0 aromatic heterocycles. The van der Waals surface area contributed by atoms with Crippen molar-refractivity contribution in [2.24, 2.45) is 5.41 Å². The number of nitrogen functional groups attached to an aromatic ring is 1. The minimum atomic E-state index is 0.398. The van der Waals surface area contributed by atoms with E-state index >= 15 is 0 Å². The Bertz CT molecular complexity index is 374. The molecule has 2 rings (SSSR count). The molecule has 1 atom stereocenters. The van der Waals surface area contributed by atoms with E-state index in [2.05, 4.69) is 19.2 Å². The second-order valence-electron chi connectivity index (χ2n) is 4.81. The van der Waals surface area contributed by atoms with Gasteiger partial charge in [0.15, 0.2) is 0 Å². The lowest BCUT2D eigenvalue weighted by Crippen LogP contribution is -2.10. The Morgan fingerprint density at radius 1 is 1.47 bits per heavy atom. The van der Waals surface area contributed by atoms with Crippen molar-refractivity contribution < 1.29 is 4.74 Å². The molecule has 3 N–H and O–H groups in total. The largest absolute Gasteiger partial charge is 0.495 e. The number of benzene rings is 1. The van der Waals surface area contributed by atoms with Crippen LogP contribution in [0, 0.1) is 5.41 Å². The highest BCUT2D eigenvalue weighted by Crippen LogP contribution is 2.47. The van der Waals surface area contributed by atoms with E-state index in [0.29, 0.717) is 17.1 Å². The highest BCUT2D eigenvalue weighted by molar-refractivity contribution is 5.73. The van der Waals surface area contributed by atoms with Crippen molar-refractivity contribution in [3.8, 4) is 5.75 Å². The molecule has 0 bridgehead atoms. The van der Waals surface area contributed by atoms with E-state index in [1.807, 2.05) is 18.2 Å². The number of hydrogen-bond donors (Lipinski definition) is 2. The van der Waals surface area contributed by atoms with Gasteiger partial charge in [0, 0.05) is 6.04 Å². The Morgan fingerprint density at radius 2 is 2.13 bits per heavy atom. The van der Waals surface area contributed by atoms with Crippen LogP contribution < -0.4 is 15.8 Å². The van der Waals surface area contributed by atoms with Crippen LogP contribution >= 0.6 is 0 Å². The van der Waals surface area contributed by atoms with Crippen molar-refractivity contribution in [3.63, 3.8) is 0 Å². The molecule has 0 radical (unpaired) electrons. The Kier molecular flexibility index (Phi) is 2.25. The van der Waals surface area contributed by atoms with Crippen molar-refractivity contribution >= 4 is 11.4 Å². The van der Waals surface area contributed by atoms with E-state index in [9.17, 15) is 0 Å². The summed E-state index contributed by atoms with van der Waals surface area (Å²) < 4.78 is 5.17. The molecule has 1 fully saturated rings. The van der Waals surface area contributed by atoms with Crippen LogP contribution in [0.1, 0.15) is 20.3 Å². The lowest BCUT2D eigenvalue weighted by atomic mass is 10.2. The molecule has 1 unspecified atom stereocenters. The number of methoxy groups -OCH3 is 1. The third-order valence-corrected chi connectivity index (χ3v) is 3.13. The van der Waals surface area contributed by atoms with Gasteiger partial charge in [0.2, 0.25) is 0 Å². The molecule has 3 heteroatoms. The first-order valence-corrected chi connectivity index (χ1v) is 5.23. The predicted molar refractivity (Wildman–Crippen MR) is 63.2 cm³/mol. The van der Waals surface area contributed by atoms with Gasteiger partial charge in [-0.15, -0.1) is 0 Å². The Labute approximate surface area is 90.6 Å². The van der Waals surface area contributed by atoms with Gasteiger partial charge >= 0.3 is 0 Å². The molecule has 1 aromatic rings. The maximum atomic E-state index is 5.97. The molecule has 15 heavy (non-hydrogen) atoms. The first kappa shape index (κ1) is 10.1. The van der Waals surface area contributed by atoms with Gasteiger partial charge in [-0.3, -0.25) is 0 Å². The summed E-state index contributed by atoms with van der Waals surface area (Å²) in [6.45, 7) is 4.50. The summed E-state index contributed by atoms with van der Waals surface area (Å²) in [5, 5.41) is 3.44. The summed E-state index contributed by atoms with van der Waals surface area (Å²) in [7, 11) is 1.64. The maximum absolute atomic E-state index is 5.97. The lowest BCUT2D eigenvalue weighted by molar-refractivity contribution is 0.417. The molecule has 0 amide bonds. The highest BCUT2D eigenvalue weighted by Gasteiger charge is 2.45. The zero-order valence-corrected chi connectivity index (χ0v) is 9.50. The van der Waals surface area contributed by atoms with E-state index in [-0.39, 0.29) is 0 Å². The molecule has 0 saturated heterocycles. The summed E-state index contributed by atoms with van der Waals surface area (Å²) >= 11 is 0. The Hall–Kier alpha value is -1.38. The second kappa shape index (κ2) is 3.33. The van der Waals surface area contributed by atoms with Gasteiger partial charge in [-0.25, -0.2) is 0 Å². The fourth-order valence-corrected chi connectivity index (χ4v) is 1.75. The van der Waals surface area contributed by atoms with Gasteiger partial charge in [-0.05, 0) is 24.0 Å². The van der Waals surface area contributed by atoms with Crippen LogP contribution in [0.4, 0.5) is 11.4 Å². The van der Waals surface area contributed by atoms with Crippen molar-refractivity contribution in [2.75, 3.05) is 18.2 Å². The Balaban J connectivity index is 2.15. The van der Waals surface area contributed by atoms with Crippen molar-refractivity contribution in [1.29, 1.82) is 0 Å². The van der Waals surface area contributed by atoms with Gasteiger partial charge in [0.25, 0.3) is 0 Å². The standard InChI is InChI=1S/C12H18N2O/c1-12(2)7-10(12)14-8-5-4-6-9(15-3)11(8)13/h4-6,10,14H,7,13H2,1-3H3. The average molecular weight is 206 g/mol. The Morgan fingerprint density at radius 3 is 2.67 bits per heavy atom. The summed E-state index contributed by atoms with van der Waals surface area (Å²) in [6.07, 6.45) is 1.20. The SMILES string of the molecule is COc1cccc(NC2CC2(C)C)c1N. The maximum Gasteiger partial charge on any atom is 0.143 e. The average Bonchev–Trinajstić information content (AvgIpc) is 2.77. The fraction of sp³-hybridized carbons (Fsp3) is 0.500. The third kappa shape index (κ3) is 1.87. The predicted octanol–water partition coefficient (Wildman–Crippen LogP) is 2.49. The van der Waals surface area contributed by atoms with E-state index in [0.717, 1.165) is 11.4 Å². The summed E-state index contributed by atoms with van der Waals surface area (Å²) in [4.78, 5) is 0. The molecular weight excluding hydrogens is 188 g/mol. The van der Waals surface area contributed by atoms with Crippen molar-refractivity contribution in [3.05, 3.63) is 18.2 Å². The van der Waals surface area contributed by atoms with E-state index in [1.165, 1.54) is 6.42 Å². The minimum Gasteiger partial charge on any atom is -0.495 e. The molecular formula is C12H18N2O. The topological polar surface area (TPSA) is 47.3 Å². The van der Waals surface area contributed by atoms with Gasteiger partial charge < -0.3 is 15.8 Å². The normalized spacial score (nSPS) is 22.2. The summed E-state index contributed by atoms with van der Waals surface area (Å²) in [5.74, 6) is 0.735. The van der Waals surface area contributed by atoms with Crippen LogP contribution in [0.3, 0.4) is 0 Å². The number of hydrogen-bond acceptors (Lipinski definition) is 3. The molecule has 0 aliphatic heterocycles. The van der Waals surface area contributed by atoms with Crippen molar-refractivity contribution in [2.45, 2.75) is 26.3 Å². The summed E-state index contributed by atoms with van der Waals surface area (Å²) in [5.41, 5.74) is 8.04. The molecule has 3 nitrogen and oxygen atoms in total. The number of nitrogens with two attached hydrogens (primary N) is 1. The van der Waals surface area contributed by atoms with Crippen LogP contribution in [-0.4, -0.2) is 13.2 Å². The second-order valence-corrected chi connectivity index (χ2v) is 4.81. The van der Waals surface area contributed by atoms with E-state index in [4.69, 9.17) is 10.5 Å². The van der Waals surface area contributed by atoms with Gasteiger partial charge in [0.05, 0.1) is 18.5 Å². The number of anilines is 2. The van der Waals surface area contributed by atoms with Crippen LogP contribution in [0.15, 0.2) is 18.2 Å². The van der Waals surface area contributed by atoms with E-state index in [1.54, 1.807) is 7.11 Å². The molecule has 1 aliphatic rings. The molecule has 1 aliphatic carbocycles. The molecule has 0 spiro atoms. The monoisotopic (exact) mass is 206 g/mol. The van der Waals surface area contributed by atoms with E-state index < -0.39 is 0 Å². The first-order valence-electron chi connectivity index (χ1n) is 5.23. The number of ether oxygens (including phenoxy) is 1. The van der Waals surface area contributed by atoms with Gasteiger partial charge in [-0.2, -0.15) is 0 Å². The van der Waals surface area contributed by atoms with Crippen LogP contribution in [0.2, 0.25) is 0 Å². The lowest BCUT2D eigenvalue weighted by Gasteiger charge is -2.13. The smallest absolute Gasteiger partial charge is 0.143 e. The molecule has 1 saturated carbocycles. The molecule has 1 aromatic carbocycles. The quantitative estimate of drug-likeness (QED) is 0.747. The van der Waals surface area contributed by atoms with Crippen LogP contribution in [0.25, 0.3) is 0 Å². The van der Waals surface area contributed by atoms with Gasteiger partial charge in [-0.1, -0.05) is 19.9 Å². The zero-order valence-electron chi connectivity index (χ0n) is 9.50. The number of nitrogens with one attached hydrogen (secondary N) is 1. The highest BCUT2D eigenvalue weighted by atomic mass is 16.5. The summed E-state index contributed by atoms with van der Waals surface area (Å²) in [6, 6.07) is 6.35. The zero-order chi connectivity index (χ0) is 11.1. The van der Waals surface area contributed by atoms with Crippen LogP contribution in [0.5, 0.6) is 5.75 Å². The molecule has 82 valence electrons. The number of rotatable bonds is 3. The van der Waals surface area contributed by atoms with Crippen LogP contribution in [-0.2, 0) is 0 Å². The fourth-order valence-electron chi connectivity index (χ4n) is 1.75. The van der Waals surface area contributed by atoms with Gasteiger partial charge in [0.1, 0.15) is 5.75 Å². The number of para-hydroxylation sites is 1. The first-order chi connectivity index (χ1) is 7.04. The third-order valence-electron chi connectivity index (χ3n) is 3.13.